The van der Waals surface area contributed by atoms with Gasteiger partial charge in [-0.05, 0) is 39.9 Å². The molecule has 0 amide bonds. The lowest BCUT2D eigenvalue weighted by Gasteiger charge is -2.23. The highest BCUT2D eigenvalue weighted by Gasteiger charge is 2.18. The van der Waals surface area contributed by atoms with E-state index in [1.165, 1.54) is 11.1 Å². The third kappa shape index (κ3) is 2.62. The lowest BCUT2D eigenvalue weighted by Crippen LogP contribution is -2.25. The lowest BCUT2D eigenvalue weighted by molar-refractivity contribution is 0.751. The van der Waals surface area contributed by atoms with E-state index >= 15 is 0 Å². The van der Waals surface area contributed by atoms with Crippen molar-refractivity contribution >= 4 is 27.7 Å². The van der Waals surface area contributed by atoms with Gasteiger partial charge in [0, 0.05) is 19.3 Å². The molecule has 1 aliphatic heterocycles. The largest absolute Gasteiger partial charge is 0.351 e. The number of rotatable bonds is 2. The summed E-state index contributed by atoms with van der Waals surface area (Å²) < 4.78 is 0.885. The Morgan fingerprint density at radius 2 is 2.05 bits per heavy atom. The number of hydrogen-bond donors (Lipinski definition) is 2. The van der Waals surface area contributed by atoms with E-state index in [1.54, 1.807) is 6.20 Å². The van der Waals surface area contributed by atoms with Gasteiger partial charge in [0.05, 0.1) is 4.47 Å². The Balaban J connectivity index is 1.95. The molecule has 0 saturated heterocycles. The summed E-state index contributed by atoms with van der Waals surface area (Å²) in [6, 6.07) is 8.58. The predicted molar refractivity (Wildman–Crippen MR) is 83.4 cm³/mol. The molecule has 3 N–H and O–H groups in total. The first-order valence-corrected chi connectivity index (χ1v) is 7.38. The molecule has 6 heteroatoms. The molecule has 0 fully saturated rings. The number of nitrogens with one attached hydrogen (secondary N) is 1. The van der Waals surface area contributed by atoms with E-state index in [2.05, 4.69) is 60.5 Å². The maximum absolute atomic E-state index is 5.40. The molecule has 0 radical (unpaired) electrons. The number of nitrogens with zero attached hydrogens (tertiary/aromatic N) is 3. The summed E-state index contributed by atoms with van der Waals surface area (Å²) >= 11 is 3.53. The molecule has 104 valence electrons. The Bertz CT molecular complexity index is 616. The maximum Gasteiger partial charge on any atom is 0.239 e. The van der Waals surface area contributed by atoms with Crippen LogP contribution in [0.25, 0.3) is 0 Å². The van der Waals surface area contributed by atoms with Crippen LogP contribution < -0.4 is 16.2 Å². The van der Waals surface area contributed by atoms with Gasteiger partial charge < -0.3 is 4.90 Å². The summed E-state index contributed by atoms with van der Waals surface area (Å²) in [7, 11) is 0. The smallest absolute Gasteiger partial charge is 0.239 e. The van der Waals surface area contributed by atoms with Crippen molar-refractivity contribution in [2.75, 3.05) is 16.9 Å². The van der Waals surface area contributed by atoms with Crippen LogP contribution in [-0.4, -0.2) is 16.5 Å². The second-order valence-electron chi connectivity index (χ2n) is 4.80. The van der Waals surface area contributed by atoms with Crippen LogP contribution in [0.15, 0.2) is 34.9 Å². The highest BCUT2D eigenvalue weighted by atomic mass is 79.9. The monoisotopic (exact) mass is 333 g/mol. The van der Waals surface area contributed by atoms with Crippen molar-refractivity contribution in [2.24, 2.45) is 5.84 Å². The van der Waals surface area contributed by atoms with E-state index in [4.69, 9.17) is 5.84 Å². The maximum atomic E-state index is 5.40. The minimum atomic E-state index is 0.431. The molecule has 20 heavy (non-hydrogen) atoms. The summed E-state index contributed by atoms with van der Waals surface area (Å²) in [4.78, 5) is 10.8. The first-order valence-electron chi connectivity index (χ1n) is 6.59. The minimum absolute atomic E-state index is 0.431. The van der Waals surface area contributed by atoms with Crippen molar-refractivity contribution in [3.63, 3.8) is 0 Å². The topological polar surface area (TPSA) is 67.1 Å². The quantitative estimate of drug-likeness (QED) is 0.652. The van der Waals surface area contributed by atoms with Gasteiger partial charge in [-0.3, -0.25) is 5.43 Å². The number of benzene rings is 1. The van der Waals surface area contributed by atoms with Gasteiger partial charge >= 0.3 is 0 Å². The molecule has 5 nitrogen and oxygen atoms in total. The van der Waals surface area contributed by atoms with Gasteiger partial charge in [0.25, 0.3) is 0 Å². The molecular weight excluding hydrogens is 318 g/mol. The molecule has 1 aromatic heterocycles. The van der Waals surface area contributed by atoms with Crippen molar-refractivity contribution in [1.29, 1.82) is 0 Å². The Hall–Kier alpha value is -1.66. The molecule has 0 spiro atoms. The normalized spacial score (nSPS) is 14.6. The van der Waals surface area contributed by atoms with E-state index < -0.39 is 0 Å². The number of anilines is 2. The average molecular weight is 334 g/mol. The van der Waals surface area contributed by atoms with Crippen molar-refractivity contribution in [2.45, 2.75) is 19.4 Å². The van der Waals surface area contributed by atoms with Crippen LogP contribution in [0.3, 0.4) is 0 Å². The van der Waals surface area contributed by atoms with Crippen LogP contribution in [-0.2, 0) is 13.0 Å². The Labute approximate surface area is 126 Å². The third-order valence-corrected chi connectivity index (χ3v) is 4.07. The van der Waals surface area contributed by atoms with Crippen LogP contribution in [0.4, 0.5) is 11.8 Å². The summed E-state index contributed by atoms with van der Waals surface area (Å²) in [6.45, 7) is 1.82. The zero-order valence-corrected chi connectivity index (χ0v) is 12.6. The average Bonchev–Trinajstić information content (AvgIpc) is 2.70. The SMILES string of the molecule is NNc1ncc(Br)c(N2CCCc3ccccc3C2)n1. The van der Waals surface area contributed by atoms with Crippen LogP contribution in [0.2, 0.25) is 0 Å². The summed E-state index contributed by atoms with van der Waals surface area (Å²) in [5.41, 5.74) is 5.29. The first-order chi connectivity index (χ1) is 9.78. The van der Waals surface area contributed by atoms with Crippen LogP contribution >= 0.6 is 15.9 Å². The number of hydrogen-bond acceptors (Lipinski definition) is 5. The van der Waals surface area contributed by atoms with Crippen LogP contribution in [0.1, 0.15) is 17.5 Å². The fourth-order valence-corrected chi connectivity index (χ4v) is 2.97. The van der Waals surface area contributed by atoms with Crippen LogP contribution in [0.5, 0.6) is 0 Å². The summed E-state index contributed by atoms with van der Waals surface area (Å²) in [5, 5.41) is 0. The fraction of sp³-hybridized carbons (Fsp3) is 0.286. The van der Waals surface area contributed by atoms with Gasteiger partial charge in [-0.15, -0.1) is 0 Å². The molecule has 3 rings (SSSR count). The van der Waals surface area contributed by atoms with Gasteiger partial charge in [0.2, 0.25) is 5.95 Å². The molecule has 2 heterocycles. The number of halogens is 1. The number of aromatic nitrogens is 2. The molecular formula is C14H16BrN5. The molecule has 1 aromatic carbocycles. The second-order valence-corrected chi connectivity index (χ2v) is 5.66. The minimum Gasteiger partial charge on any atom is -0.351 e. The predicted octanol–water partition coefficient (Wildman–Crippen LogP) is 2.48. The standard InChI is InChI=1S/C14H16BrN5/c15-12-8-17-14(19-16)18-13(12)20-7-3-6-10-4-1-2-5-11(10)9-20/h1-2,4-5,8H,3,6-7,9,16H2,(H,17,18,19). The molecule has 0 aliphatic carbocycles. The van der Waals surface area contributed by atoms with Crippen molar-refractivity contribution < 1.29 is 0 Å². The number of nitrogen functional groups attached to an aromatic ring is 1. The van der Waals surface area contributed by atoms with E-state index in [0.29, 0.717) is 5.95 Å². The molecule has 0 atom stereocenters. The Kier molecular flexibility index (Phi) is 3.84. The van der Waals surface area contributed by atoms with Gasteiger partial charge in [-0.1, -0.05) is 24.3 Å². The Morgan fingerprint density at radius 1 is 1.25 bits per heavy atom. The number of hydrazine groups is 1. The summed E-state index contributed by atoms with van der Waals surface area (Å²) in [5.74, 6) is 6.71. The summed E-state index contributed by atoms with van der Waals surface area (Å²) in [6.07, 6.45) is 3.95. The van der Waals surface area contributed by atoms with Gasteiger partial charge in [-0.2, -0.15) is 4.98 Å². The van der Waals surface area contributed by atoms with Gasteiger partial charge in [-0.25, -0.2) is 10.8 Å². The van der Waals surface area contributed by atoms with E-state index in [-0.39, 0.29) is 0 Å². The first kappa shape index (κ1) is 13.3. The van der Waals surface area contributed by atoms with Gasteiger partial charge in [0.1, 0.15) is 5.82 Å². The van der Waals surface area contributed by atoms with Crippen LogP contribution in [0, 0.1) is 0 Å². The number of nitrogens with two attached hydrogens (primary N) is 1. The number of fused-ring (bicyclic) bond motifs is 1. The molecule has 0 unspecified atom stereocenters. The highest BCUT2D eigenvalue weighted by molar-refractivity contribution is 9.10. The zero-order chi connectivity index (χ0) is 13.9. The number of aryl methyl sites for hydroxylation is 1. The Morgan fingerprint density at radius 3 is 2.85 bits per heavy atom. The molecule has 2 aromatic rings. The third-order valence-electron chi connectivity index (χ3n) is 3.51. The van der Waals surface area contributed by atoms with Crippen molar-refractivity contribution in [3.8, 4) is 0 Å². The van der Waals surface area contributed by atoms with E-state index in [9.17, 15) is 0 Å². The van der Waals surface area contributed by atoms with Crippen molar-refractivity contribution in [1.82, 2.24) is 9.97 Å². The lowest BCUT2D eigenvalue weighted by atomic mass is 10.0. The highest BCUT2D eigenvalue weighted by Crippen LogP contribution is 2.28. The van der Waals surface area contributed by atoms with Crippen molar-refractivity contribution in [3.05, 3.63) is 46.1 Å². The fourth-order valence-electron chi connectivity index (χ4n) is 2.53. The van der Waals surface area contributed by atoms with E-state index in [1.807, 2.05) is 0 Å². The molecule has 0 saturated carbocycles. The second kappa shape index (κ2) is 5.76. The van der Waals surface area contributed by atoms with E-state index in [0.717, 1.165) is 36.2 Å². The zero-order valence-electron chi connectivity index (χ0n) is 11.0. The molecule has 1 aliphatic rings. The molecule has 0 bridgehead atoms. The van der Waals surface area contributed by atoms with Gasteiger partial charge in [0.15, 0.2) is 0 Å².